The molecule has 4 heteroatoms. The number of ketones is 1. The van der Waals surface area contributed by atoms with Crippen LogP contribution in [0.3, 0.4) is 0 Å². The summed E-state index contributed by atoms with van der Waals surface area (Å²) < 4.78 is 4.92. The second kappa shape index (κ2) is 4.35. The minimum atomic E-state index is -0.217. The minimum Gasteiger partial charge on any atom is -0.712 e. The standard InChI is InChI=1S/C9H9N2O2/c1-13-8-4-2-7(3-5-8)9(12)6-11-10/h2-5H,6H2,1H3/q-1. The molecule has 0 atom stereocenters. The van der Waals surface area contributed by atoms with Crippen molar-refractivity contribution in [3.05, 3.63) is 35.4 Å². The third-order valence-electron chi connectivity index (χ3n) is 1.63. The molecule has 0 heterocycles. The van der Waals surface area contributed by atoms with E-state index in [1.165, 1.54) is 0 Å². The van der Waals surface area contributed by atoms with Crippen LogP contribution in [0.4, 0.5) is 0 Å². The molecular formula is C9H9N2O2-. The topological polar surface area (TPSA) is 61.0 Å². The molecule has 0 saturated heterocycles. The Morgan fingerprint density at radius 3 is 2.54 bits per heavy atom. The minimum absolute atomic E-state index is 0.202. The van der Waals surface area contributed by atoms with Gasteiger partial charge in [0.05, 0.1) is 13.7 Å². The molecule has 0 unspecified atom stereocenters. The Hall–Kier alpha value is -1.71. The molecule has 13 heavy (non-hydrogen) atoms. The Kier molecular flexibility index (Phi) is 3.14. The first-order chi connectivity index (χ1) is 6.27. The van der Waals surface area contributed by atoms with Crippen LogP contribution in [0, 0.1) is 0 Å². The summed E-state index contributed by atoms with van der Waals surface area (Å²) in [6.07, 6.45) is 0. The summed E-state index contributed by atoms with van der Waals surface area (Å²) in [7, 11) is 1.56. The van der Waals surface area contributed by atoms with E-state index in [0.29, 0.717) is 11.3 Å². The third kappa shape index (κ3) is 2.37. The molecule has 1 rings (SSSR count). The van der Waals surface area contributed by atoms with Gasteiger partial charge in [-0.3, -0.25) is 4.79 Å². The average molecular weight is 177 g/mol. The predicted molar refractivity (Wildman–Crippen MR) is 48.0 cm³/mol. The molecular weight excluding hydrogens is 168 g/mol. The highest BCUT2D eigenvalue weighted by Crippen LogP contribution is 2.11. The lowest BCUT2D eigenvalue weighted by Crippen LogP contribution is -2.01. The van der Waals surface area contributed by atoms with E-state index >= 15 is 0 Å². The van der Waals surface area contributed by atoms with Crippen LogP contribution in [0.15, 0.2) is 29.4 Å². The summed E-state index contributed by atoms with van der Waals surface area (Å²) >= 11 is 0. The van der Waals surface area contributed by atoms with Gasteiger partial charge in [0, 0.05) is 5.56 Å². The highest BCUT2D eigenvalue weighted by molar-refractivity contribution is 5.97. The van der Waals surface area contributed by atoms with Crippen molar-refractivity contribution in [2.24, 2.45) is 5.11 Å². The van der Waals surface area contributed by atoms with E-state index in [1.807, 2.05) is 0 Å². The Balaban J connectivity index is 2.79. The zero-order valence-corrected chi connectivity index (χ0v) is 7.23. The summed E-state index contributed by atoms with van der Waals surface area (Å²) in [4.78, 5) is 11.1. The van der Waals surface area contributed by atoms with Gasteiger partial charge < -0.3 is 15.4 Å². The Labute approximate surface area is 76.0 Å². The first-order valence-electron chi connectivity index (χ1n) is 3.76. The van der Waals surface area contributed by atoms with Gasteiger partial charge in [0.1, 0.15) is 5.75 Å². The van der Waals surface area contributed by atoms with Crippen molar-refractivity contribution in [3.8, 4) is 5.75 Å². The summed E-state index contributed by atoms with van der Waals surface area (Å²) in [6.45, 7) is -0.202. The van der Waals surface area contributed by atoms with Gasteiger partial charge >= 0.3 is 0 Å². The van der Waals surface area contributed by atoms with Crippen LogP contribution in [0.25, 0.3) is 5.53 Å². The molecule has 0 aromatic heterocycles. The molecule has 0 bridgehead atoms. The number of Topliss-reactive ketones (excluding diaryl/α,β-unsaturated/α-hetero) is 1. The maximum absolute atomic E-state index is 11.1. The normalized spacial score (nSPS) is 9.31. The van der Waals surface area contributed by atoms with Gasteiger partial charge in [0.15, 0.2) is 5.78 Å². The lowest BCUT2D eigenvalue weighted by molar-refractivity contribution is 0.100. The molecule has 1 aromatic carbocycles. The van der Waals surface area contributed by atoms with Gasteiger partial charge in [0.25, 0.3) is 0 Å². The predicted octanol–water partition coefficient (Wildman–Crippen LogP) is 1.90. The van der Waals surface area contributed by atoms with Crippen LogP contribution in [-0.4, -0.2) is 19.4 Å². The second-order valence-electron chi connectivity index (χ2n) is 2.45. The van der Waals surface area contributed by atoms with Crippen LogP contribution < -0.4 is 4.74 Å². The van der Waals surface area contributed by atoms with Gasteiger partial charge in [-0.05, 0) is 24.3 Å². The van der Waals surface area contributed by atoms with E-state index in [2.05, 4.69) is 5.11 Å². The fourth-order valence-corrected chi connectivity index (χ4v) is 0.932. The molecule has 0 radical (unpaired) electrons. The van der Waals surface area contributed by atoms with Crippen molar-refractivity contribution in [2.45, 2.75) is 0 Å². The molecule has 68 valence electrons. The lowest BCUT2D eigenvalue weighted by atomic mass is 10.1. The van der Waals surface area contributed by atoms with Crippen molar-refractivity contribution >= 4 is 5.78 Å². The number of nitrogens with zero attached hydrogens (tertiary/aromatic N) is 2. The quantitative estimate of drug-likeness (QED) is 0.520. The first-order valence-corrected chi connectivity index (χ1v) is 3.76. The number of carbonyl (C=O) groups is 1. The summed E-state index contributed by atoms with van der Waals surface area (Å²) in [5.74, 6) is 0.475. The van der Waals surface area contributed by atoms with E-state index in [1.54, 1.807) is 31.4 Å². The van der Waals surface area contributed by atoms with Crippen LogP contribution >= 0.6 is 0 Å². The average Bonchev–Trinajstić information content (AvgIpc) is 2.18. The molecule has 0 saturated carbocycles. The molecule has 0 fully saturated rings. The number of rotatable bonds is 4. The van der Waals surface area contributed by atoms with Crippen LogP contribution in [0.1, 0.15) is 10.4 Å². The second-order valence-corrected chi connectivity index (χ2v) is 2.45. The monoisotopic (exact) mass is 177 g/mol. The van der Waals surface area contributed by atoms with Gasteiger partial charge in [-0.15, -0.1) is 0 Å². The van der Waals surface area contributed by atoms with Crippen molar-refractivity contribution in [1.82, 2.24) is 0 Å². The van der Waals surface area contributed by atoms with E-state index in [-0.39, 0.29) is 12.3 Å². The molecule has 0 N–H and O–H groups in total. The number of hydrogen-bond acceptors (Lipinski definition) is 3. The third-order valence-corrected chi connectivity index (χ3v) is 1.63. The first kappa shape index (κ1) is 9.38. The zero-order valence-electron chi connectivity index (χ0n) is 7.23. The Bertz CT molecular complexity index is 306. The number of methoxy groups -OCH3 is 1. The van der Waals surface area contributed by atoms with E-state index < -0.39 is 0 Å². The van der Waals surface area contributed by atoms with Gasteiger partial charge in [-0.25, -0.2) is 0 Å². The van der Waals surface area contributed by atoms with Crippen molar-refractivity contribution in [1.29, 1.82) is 0 Å². The summed E-state index contributed by atoms with van der Waals surface area (Å²) in [5, 5.41) is 2.77. The van der Waals surface area contributed by atoms with Crippen molar-refractivity contribution in [2.75, 3.05) is 13.7 Å². The highest BCUT2D eigenvalue weighted by atomic mass is 16.5. The number of carbonyl (C=O) groups excluding carboxylic acids is 1. The maximum atomic E-state index is 11.1. The van der Waals surface area contributed by atoms with E-state index in [4.69, 9.17) is 10.3 Å². The number of ether oxygens (including phenoxy) is 1. The zero-order chi connectivity index (χ0) is 9.68. The molecule has 0 aliphatic rings. The molecule has 0 spiro atoms. The van der Waals surface area contributed by atoms with Crippen LogP contribution in [0.2, 0.25) is 0 Å². The highest BCUT2D eigenvalue weighted by Gasteiger charge is 2.02. The lowest BCUT2D eigenvalue weighted by Gasteiger charge is -2.01. The Morgan fingerprint density at radius 2 is 2.08 bits per heavy atom. The Morgan fingerprint density at radius 1 is 1.46 bits per heavy atom. The summed E-state index contributed by atoms with van der Waals surface area (Å²) in [6, 6.07) is 6.63. The number of benzene rings is 1. The maximum Gasteiger partial charge on any atom is 0.182 e. The molecule has 1 aromatic rings. The number of hydrogen-bond donors (Lipinski definition) is 0. The molecule has 0 amide bonds. The van der Waals surface area contributed by atoms with Gasteiger partial charge in [-0.1, -0.05) is 0 Å². The molecule has 4 nitrogen and oxygen atoms in total. The largest absolute Gasteiger partial charge is 0.712 e. The molecule has 0 aliphatic heterocycles. The SMILES string of the molecule is COc1ccc(C(=O)CN=[N-])cc1. The van der Waals surface area contributed by atoms with Crippen LogP contribution in [0.5, 0.6) is 5.75 Å². The molecule has 0 aliphatic carbocycles. The summed E-state index contributed by atoms with van der Waals surface area (Å²) in [5.41, 5.74) is 8.69. The van der Waals surface area contributed by atoms with E-state index in [0.717, 1.165) is 0 Å². The van der Waals surface area contributed by atoms with E-state index in [9.17, 15) is 4.79 Å². The van der Waals surface area contributed by atoms with Gasteiger partial charge in [0.2, 0.25) is 0 Å². The van der Waals surface area contributed by atoms with Crippen molar-refractivity contribution in [3.63, 3.8) is 0 Å². The fourth-order valence-electron chi connectivity index (χ4n) is 0.932. The van der Waals surface area contributed by atoms with Gasteiger partial charge in [-0.2, -0.15) is 0 Å². The smallest absolute Gasteiger partial charge is 0.182 e. The van der Waals surface area contributed by atoms with Crippen molar-refractivity contribution < 1.29 is 9.53 Å². The van der Waals surface area contributed by atoms with Crippen LogP contribution in [-0.2, 0) is 0 Å². The fraction of sp³-hybridized carbons (Fsp3) is 0.222.